The van der Waals surface area contributed by atoms with Crippen molar-refractivity contribution in [2.24, 2.45) is 0 Å². The molecule has 1 heterocycles. The highest BCUT2D eigenvalue weighted by Crippen LogP contribution is 2.28. The van der Waals surface area contributed by atoms with Gasteiger partial charge in [-0.2, -0.15) is 0 Å². The van der Waals surface area contributed by atoms with Gasteiger partial charge in [0.15, 0.2) is 0 Å². The van der Waals surface area contributed by atoms with Crippen LogP contribution >= 0.6 is 15.9 Å². The van der Waals surface area contributed by atoms with Crippen molar-refractivity contribution in [1.82, 2.24) is 10.2 Å². The quantitative estimate of drug-likeness (QED) is 0.841. The Hall–Kier alpha value is -0.580. The smallest absolute Gasteiger partial charge is 0.0375 e. The molecule has 0 aromatic heterocycles. The zero-order chi connectivity index (χ0) is 15.4. The molecule has 1 fully saturated rings. The van der Waals surface area contributed by atoms with E-state index in [2.05, 4.69) is 70.1 Å². The molecular formula is C17H28BrN3. The lowest BCUT2D eigenvalue weighted by Gasteiger charge is -2.29. The molecule has 0 radical (unpaired) electrons. The molecule has 21 heavy (non-hydrogen) atoms. The highest BCUT2D eigenvalue weighted by atomic mass is 79.9. The van der Waals surface area contributed by atoms with Crippen LogP contribution in [0.3, 0.4) is 0 Å². The van der Waals surface area contributed by atoms with Crippen LogP contribution in [0, 0.1) is 0 Å². The molecule has 2 rings (SSSR count). The van der Waals surface area contributed by atoms with E-state index in [1.54, 1.807) is 0 Å². The van der Waals surface area contributed by atoms with Crippen LogP contribution in [0.4, 0.5) is 5.69 Å². The van der Waals surface area contributed by atoms with Gasteiger partial charge in [0.2, 0.25) is 0 Å². The molecule has 2 atom stereocenters. The van der Waals surface area contributed by atoms with Gasteiger partial charge >= 0.3 is 0 Å². The van der Waals surface area contributed by atoms with Crippen LogP contribution in [0.1, 0.15) is 38.3 Å². The van der Waals surface area contributed by atoms with Gasteiger partial charge in [-0.1, -0.05) is 28.9 Å². The number of benzene rings is 1. The zero-order valence-corrected chi connectivity index (χ0v) is 15.3. The van der Waals surface area contributed by atoms with E-state index >= 15 is 0 Å². The fourth-order valence-corrected chi connectivity index (χ4v) is 3.91. The molecule has 4 heteroatoms. The van der Waals surface area contributed by atoms with Crippen LogP contribution in [-0.4, -0.2) is 44.7 Å². The van der Waals surface area contributed by atoms with Crippen LogP contribution in [0.5, 0.6) is 0 Å². The number of anilines is 1. The van der Waals surface area contributed by atoms with Gasteiger partial charge in [0.1, 0.15) is 0 Å². The first-order valence-corrected chi connectivity index (χ1v) is 8.78. The molecular weight excluding hydrogens is 326 g/mol. The fourth-order valence-electron chi connectivity index (χ4n) is 3.20. The summed E-state index contributed by atoms with van der Waals surface area (Å²) in [6.07, 6.45) is 2.67. The SMILES string of the molecule is CCN1CCCC1CN(C)c1ccc(C(C)NC)c(Br)c1. The van der Waals surface area contributed by atoms with E-state index in [1.807, 2.05) is 7.05 Å². The van der Waals surface area contributed by atoms with Gasteiger partial charge in [-0.05, 0) is 57.6 Å². The van der Waals surface area contributed by atoms with Crippen molar-refractivity contribution < 1.29 is 0 Å². The summed E-state index contributed by atoms with van der Waals surface area (Å²) >= 11 is 3.72. The lowest BCUT2D eigenvalue weighted by Crippen LogP contribution is -2.38. The third-order valence-electron chi connectivity index (χ3n) is 4.71. The number of hydrogen-bond donors (Lipinski definition) is 1. The Labute approximate surface area is 137 Å². The summed E-state index contributed by atoms with van der Waals surface area (Å²) in [6, 6.07) is 7.77. The number of likely N-dealkylation sites (N-methyl/N-ethyl adjacent to an activating group) is 2. The zero-order valence-electron chi connectivity index (χ0n) is 13.7. The van der Waals surface area contributed by atoms with E-state index < -0.39 is 0 Å². The van der Waals surface area contributed by atoms with Gasteiger partial charge in [-0.15, -0.1) is 0 Å². The average molecular weight is 354 g/mol. The topological polar surface area (TPSA) is 18.5 Å². The highest BCUT2D eigenvalue weighted by Gasteiger charge is 2.24. The molecule has 0 aliphatic carbocycles. The summed E-state index contributed by atoms with van der Waals surface area (Å²) < 4.78 is 1.19. The third-order valence-corrected chi connectivity index (χ3v) is 5.40. The van der Waals surface area contributed by atoms with Gasteiger partial charge in [0.25, 0.3) is 0 Å². The average Bonchev–Trinajstić information content (AvgIpc) is 2.93. The van der Waals surface area contributed by atoms with E-state index in [-0.39, 0.29) is 0 Å². The van der Waals surface area contributed by atoms with E-state index in [1.165, 1.54) is 41.7 Å². The predicted molar refractivity (Wildman–Crippen MR) is 95.2 cm³/mol. The van der Waals surface area contributed by atoms with Crippen molar-refractivity contribution in [3.05, 3.63) is 28.2 Å². The molecule has 1 aromatic rings. The Kier molecular flexibility index (Phi) is 6.08. The molecule has 0 bridgehead atoms. The molecule has 0 spiro atoms. The summed E-state index contributed by atoms with van der Waals surface area (Å²) in [6.45, 7) is 7.99. The second-order valence-corrected chi connectivity index (χ2v) is 6.88. The Morgan fingerprint density at radius 2 is 2.24 bits per heavy atom. The summed E-state index contributed by atoms with van der Waals surface area (Å²) in [5.74, 6) is 0. The van der Waals surface area contributed by atoms with Crippen LogP contribution < -0.4 is 10.2 Å². The van der Waals surface area contributed by atoms with Crippen LogP contribution in [0.2, 0.25) is 0 Å². The number of nitrogens with one attached hydrogen (secondary N) is 1. The fraction of sp³-hybridized carbons (Fsp3) is 0.647. The maximum absolute atomic E-state index is 3.72. The minimum absolute atomic E-state index is 0.365. The molecule has 1 N–H and O–H groups in total. The molecule has 1 aliphatic heterocycles. The monoisotopic (exact) mass is 353 g/mol. The molecule has 3 nitrogen and oxygen atoms in total. The maximum Gasteiger partial charge on any atom is 0.0375 e. The first-order valence-electron chi connectivity index (χ1n) is 7.98. The molecule has 0 amide bonds. The predicted octanol–water partition coefficient (Wildman–Crippen LogP) is 3.65. The second kappa shape index (κ2) is 7.61. The standard InChI is InChI=1S/C17H28BrN3/c1-5-21-10-6-7-15(21)12-20(4)14-8-9-16(13(2)19-3)17(18)11-14/h8-9,11,13,15,19H,5-7,10,12H2,1-4H3. The highest BCUT2D eigenvalue weighted by molar-refractivity contribution is 9.10. The van der Waals surface area contributed by atoms with Crippen LogP contribution in [-0.2, 0) is 0 Å². The van der Waals surface area contributed by atoms with E-state index in [9.17, 15) is 0 Å². The largest absolute Gasteiger partial charge is 0.373 e. The second-order valence-electron chi connectivity index (χ2n) is 6.02. The van der Waals surface area contributed by atoms with Gasteiger partial charge in [-0.3, -0.25) is 4.90 Å². The number of rotatable bonds is 6. The Morgan fingerprint density at radius 1 is 1.48 bits per heavy atom. The van der Waals surface area contributed by atoms with Crippen LogP contribution in [0.25, 0.3) is 0 Å². The Balaban J connectivity index is 2.05. The first-order chi connectivity index (χ1) is 10.1. The number of likely N-dealkylation sites (tertiary alicyclic amines) is 1. The molecule has 1 aromatic carbocycles. The van der Waals surface area contributed by atoms with Crippen molar-refractivity contribution >= 4 is 21.6 Å². The molecule has 1 saturated heterocycles. The summed E-state index contributed by atoms with van der Waals surface area (Å²) in [5, 5.41) is 3.29. The van der Waals surface area contributed by atoms with E-state index in [0.29, 0.717) is 12.1 Å². The number of hydrogen-bond acceptors (Lipinski definition) is 3. The van der Waals surface area contributed by atoms with Gasteiger partial charge in [0.05, 0.1) is 0 Å². The van der Waals surface area contributed by atoms with Crippen molar-refractivity contribution in [3.63, 3.8) is 0 Å². The van der Waals surface area contributed by atoms with Crippen molar-refractivity contribution in [1.29, 1.82) is 0 Å². The maximum atomic E-state index is 3.72. The number of nitrogens with zero attached hydrogens (tertiary/aromatic N) is 2. The third kappa shape index (κ3) is 3.99. The Bertz CT molecular complexity index is 463. The number of halogens is 1. The van der Waals surface area contributed by atoms with E-state index in [4.69, 9.17) is 0 Å². The normalized spacial score (nSPS) is 20.7. The van der Waals surface area contributed by atoms with Crippen molar-refractivity contribution in [2.45, 2.75) is 38.8 Å². The van der Waals surface area contributed by atoms with Gasteiger partial charge < -0.3 is 10.2 Å². The van der Waals surface area contributed by atoms with Crippen molar-refractivity contribution in [3.8, 4) is 0 Å². The Morgan fingerprint density at radius 3 is 2.86 bits per heavy atom. The van der Waals surface area contributed by atoms with E-state index in [0.717, 1.165) is 6.54 Å². The molecule has 0 saturated carbocycles. The lowest BCUT2D eigenvalue weighted by atomic mass is 10.1. The van der Waals surface area contributed by atoms with Gasteiger partial charge in [-0.25, -0.2) is 0 Å². The first kappa shape index (κ1) is 16.8. The van der Waals surface area contributed by atoms with Gasteiger partial charge in [0, 0.05) is 35.8 Å². The lowest BCUT2D eigenvalue weighted by molar-refractivity contribution is 0.270. The minimum atomic E-state index is 0.365. The van der Waals surface area contributed by atoms with Crippen LogP contribution in [0.15, 0.2) is 22.7 Å². The summed E-state index contributed by atoms with van der Waals surface area (Å²) in [4.78, 5) is 4.99. The molecule has 118 valence electrons. The summed E-state index contributed by atoms with van der Waals surface area (Å²) in [7, 11) is 4.20. The molecule has 2 unspecified atom stereocenters. The minimum Gasteiger partial charge on any atom is -0.373 e. The van der Waals surface area contributed by atoms with Crippen molar-refractivity contribution in [2.75, 3.05) is 38.6 Å². The molecule has 1 aliphatic rings. The summed E-state index contributed by atoms with van der Waals surface area (Å²) in [5.41, 5.74) is 2.60.